The second kappa shape index (κ2) is 8.72. The van der Waals surface area contributed by atoms with E-state index >= 15 is 0 Å². The molecule has 4 rings (SSSR count). The second-order valence-corrected chi connectivity index (χ2v) is 11.6. The first kappa shape index (κ1) is 23.7. The van der Waals surface area contributed by atoms with Gasteiger partial charge in [0.15, 0.2) is 17.2 Å². The van der Waals surface area contributed by atoms with Crippen molar-refractivity contribution in [1.29, 1.82) is 0 Å². The molecule has 3 fully saturated rings. The van der Waals surface area contributed by atoms with E-state index < -0.39 is 5.60 Å². The molecule has 3 saturated carbocycles. The van der Waals surface area contributed by atoms with E-state index in [4.69, 9.17) is 4.74 Å². The van der Waals surface area contributed by atoms with Gasteiger partial charge in [0, 0.05) is 18.3 Å². The zero-order chi connectivity index (χ0) is 23.1. The van der Waals surface area contributed by atoms with Gasteiger partial charge in [0.25, 0.3) is 0 Å². The fraction of sp³-hybridized carbons (Fsp3) is 0.821. The normalized spacial score (nSPS) is 41.1. The predicted molar refractivity (Wildman–Crippen MR) is 125 cm³/mol. The SMILES string of the molecule is CCCCCC(=O)O[C@]1(C(C)=O)CCC[C@H]2[C@@H]3CCC4=CC(=O)CC[C@]4(C)[C@H]3CC[C@@]21C. The molecule has 0 aromatic rings. The maximum Gasteiger partial charge on any atom is 0.306 e. The van der Waals surface area contributed by atoms with Crippen molar-refractivity contribution in [3.63, 3.8) is 0 Å². The van der Waals surface area contributed by atoms with Crippen LogP contribution in [0.15, 0.2) is 11.6 Å². The molecular weight excluding hydrogens is 400 g/mol. The topological polar surface area (TPSA) is 60.4 Å². The van der Waals surface area contributed by atoms with Crippen LogP contribution < -0.4 is 0 Å². The molecule has 0 unspecified atom stereocenters. The van der Waals surface area contributed by atoms with Gasteiger partial charge in [0.2, 0.25) is 0 Å². The third kappa shape index (κ3) is 3.60. The third-order valence-electron chi connectivity index (χ3n) is 10.2. The van der Waals surface area contributed by atoms with Gasteiger partial charge in [-0.3, -0.25) is 14.4 Å². The summed E-state index contributed by atoms with van der Waals surface area (Å²) < 4.78 is 6.24. The van der Waals surface area contributed by atoms with Crippen molar-refractivity contribution in [2.75, 3.05) is 0 Å². The Morgan fingerprint density at radius 1 is 1.03 bits per heavy atom. The molecule has 0 saturated heterocycles. The van der Waals surface area contributed by atoms with Crippen molar-refractivity contribution in [2.45, 2.75) is 117 Å². The molecule has 4 nitrogen and oxygen atoms in total. The van der Waals surface area contributed by atoms with Crippen LogP contribution in [0, 0.1) is 28.6 Å². The maximum atomic E-state index is 13.2. The largest absolute Gasteiger partial charge is 0.450 e. The summed E-state index contributed by atoms with van der Waals surface area (Å²) in [6.45, 7) is 8.42. The van der Waals surface area contributed by atoms with Crippen LogP contribution in [0.25, 0.3) is 0 Å². The van der Waals surface area contributed by atoms with Crippen LogP contribution in [0.4, 0.5) is 0 Å². The molecule has 0 N–H and O–H groups in total. The standard InChI is InChI=1S/C28H42O4/c1-5-6-7-10-25(31)32-28(19(2)29)15-8-9-24-22-12-11-20-18-21(30)13-16-26(20,3)23(22)14-17-27(24,28)4/h18,22-24H,5-17H2,1-4H3/t22-,23+,24+,26+,27+,28+/m1/s1. The number of fused-ring (bicyclic) bond motifs is 5. The smallest absolute Gasteiger partial charge is 0.306 e. The molecule has 0 amide bonds. The van der Waals surface area contributed by atoms with Crippen molar-refractivity contribution in [3.05, 3.63) is 11.6 Å². The van der Waals surface area contributed by atoms with Gasteiger partial charge in [0.05, 0.1) is 0 Å². The van der Waals surface area contributed by atoms with Crippen molar-refractivity contribution in [1.82, 2.24) is 0 Å². The number of hydrogen-bond acceptors (Lipinski definition) is 4. The summed E-state index contributed by atoms with van der Waals surface area (Å²) in [6.07, 6.45) is 13.7. The van der Waals surface area contributed by atoms with E-state index in [-0.39, 0.29) is 22.6 Å². The van der Waals surface area contributed by atoms with Gasteiger partial charge in [-0.1, -0.05) is 39.2 Å². The number of esters is 1. The molecule has 0 aromatic carbocycles. The molecule has 4 aliphatic rings. The third-order valence-corrected chi connectivity index (χ3v) is 10.2. The zero-order valence-electron chi connectivity index (χ0n) is 20.6. The van der Waals surface area contributed by atoms with E-state index in [1.807, 2.05) is 6.08 Å². The first-order valence-electron chi connectivity index (χ1n) is 13.1. The average molecular weight is 443 g/mol. The number of Topliss-reactive ketones (excluding diaryl/α,β-unsaturated/α-hetero) is 1. The van der Waals surface area contributed by atoms with Crippen LogP contribution in [0.5, 0.6) is 0 Å². The van der Waals surface area contributed by atoms with Gasteiger partial charge in [0.1, 0.15) is 0 Å². The number of rotatable bonds is 6. The van der Waals surface area contributed by atoms with Crippen molar-refractivity contribution in [2.24, 2.45) is 28.6 Å². The van der Waals surface area contributed by atoms with Crippen LogP contribution in [0.3, 0.4) is 0 Å². The van der Waals surface area contributed by atoms with Crippen LogP contribution in [0.2, 0.25) is 0 Å². The number of carbonyl (C=O) groups excluding carboxylic acids is 3. The van der Waals surface area contributed by atoms with Crippen molar-refractivity contribution >= 4 is 17.5 Å². The Hall–Kier alpha value is -1.45. The van der Waals surface area contributed by atoms with E-state index in [2.05, 4.69) is 20.8 Å². The summed E-state index contributed by atoms with van der Waals surface area (Å²) in [7, 11) is 0. The van der Waals surface area contributed by atoms with Crippen LogP contribution >= 0.6 is 0 Å². The Labute approximate surface area is 193 Å². The maximum absolute atomic E-state index is 13.2. The Morgan fingerprint density at radius 2 is 1.81 bits per heavy atom. The number of allylic oxidation sites excluding steroid dienone is 2. The highest BCUT2D eigenvalue weighted by atomic mass is 16.6. The predicted octanol–water partition coefficient (Wildman–Crippen LogP) is 6.36. The zero-order valence-corrected chi connectivity index (χ0v) is 20.6. The van der Waals surface area contributed by atoms with E-state index in [0.29, 0.717) is 42.8 Å². The average Bonchev–Trinajstić information content (AvgIpc) is 2.74. The highest BCUT2D eigenvalue weighted by Gasteiger charge is 2.65. The number of carbonyl (C=O) groups is 3. The molecule has 6 atom stereocenters. The number of ether oxygens (including phenoxy) is 1. The number of unbranched alkanes of at least 4 members (excludes halogenated alkanes) is 2. The summed E-state index contributed by atoms with van der Waals surface area (Å²) in [5, 5.41) is 0. The monoisotopic (exact) mass is 442 g/mol. The molecule has 4 heteroatoms. The number of hydrogen-bond donors (Lipinski definition) is 0. The minimum absolute atomic E-state index is 0.0397. The van der Waals surface area contributed by atoms with Gasteiger partial charge in [-0.25, -0.2) is 0 Å². The molecule has 0 bridgehead atoms. The van der Waals surface area contributed by atoms with E-state index in [1.54, 1.807) is 6.92 Å². The minimum Gasteiger partial charge on any atom is -0.450 e. The summed E-state index contributed by atoms with van der Waals surface area (Å²) in [5.74, 6) is 1.65. The number of ketones is 2. The Balaban J connectivity index is 1.63. The van der Waals surface area contributed by atoms with Gasteiger partial charge >= 0.3 is 5.97 Å². The molecule has 32 heavy (non-hydrogen) atoms. The molecule has 178 valence electrons. The van der Waals surface area contributed by atoms with Gasteiger partial charge < -0.3 is 4.74 Å². The lowest BCUT2D eigenvalue weighted by atomic mass is 9.42. The van der Waals surface area contributed by atoms with E-state index in [9.17, 15) is 14.4 Å². The Bertz CT molecular complexity index is 812. The second-order valence-electron chi connectivity index (χ2n) is 11.6. The molecule has 0 aliphatic heterocycles. The first-order valence-corrected chi connectivity index (χ1v) is 13.1. The van der Waals surface area contributed by atoms with Crippen molar-refractivity contribution < 1.29 is 19.1 Å². The molecule has 0 spiro atoms. The van der Waals surface area contributed by atoms with Crippen LogP contribution in [-0.2, 0) is 19.1 Å². The lowest BCUT2D eigenvalue weighted by Gasteiger charge is -2.64. The molecule has 0 heterocycles. The summed E-state index contributed by atoms with van der Waals surface area (Å²) in [6, 6.07) is 0. The molecular formula is C28H42O4. The van der Waals surface area contributed by atoms with Gasteiger partial charge in [-0.2, -0.15) is 0 Å². The van der Waals surface area contributed by atoms with E-state index in [1.165, 1.54) is 5.57 Å². The highest BCUT2D eigenvalue weighted by molar-refractivity contribution is 5.91. The molecule has 4 aliphatic carbocycles. The quantitative estimate of drug-likeness (QED) is 0.355. The minimum atomic E-state index is -0.969. The van der Waals surface area contributed by atoms with Crippen LogP contribution in [0.1, 0.15) is 111 Å². The van der Waals surface area contributed by atoms with Gasteiger partial charge in [-0.15, -0.1) is 0 Å². The summed E-state index contributed by atoms with van der Waals surface area (Å²) >= 11 is 0. The fourth-order valence-corrected chi connectivity index (χ4v) is 8.35. The van der Waals surface area contributed by atoms with Crippen molar-refractivity contribution in [3.8, 4) is 0 Å². The Kier molecular flexibility index (Phi) is 6.46. The van der Waals surface area contributed by atoms with E-state index in [0.717, 1.165) is 64.2 Å². The summed E-state index contributed by atoms with van der Waals surface area (Å²) in [5.41, 5.74) is 0.227. The highest BCUT2D eigenvalue weighted by Crippen LogP contribution is 2.67. The van der Waals surface area contributed by atoms with Crippen LogP contribution in [-0.4, -0.2) is 23.1 Å². The Morgan fingerprint density at radius 3 is 2.53 bits per heavy atom. The molecule has 0 aromatic heterocycles. The summed E-state index contributed by atoms with van der Waals surface area (Å²) in [4.78, 5) is 38.2. The van der Waals surface area contributed by atoms with Gasteiger partial charge in [-0.05, 0) is 94.0 Å². The lowest BCUT2D eigenvalue weighted by molar-refractivity contribution is -0.215. The fourth-order valence-electron chi connectivity index (χ4n) is 8.35. The first-order chi connectivity index (χ1) is 15.2. The lowest BCUT2D eigenvalue weighted by Crippen LogP contribution is -2.65. The molecule has 0 radical (unpaired) electrons.